The maximum absolute atomic E-state index is 11.5. The number of carbonyl (C=O) groups is 1. The average molecular weight is 243 g/mol. The van der Waals surface area contributed by atoms with Crippen molar-refractivity contribution in [3.8, 4) is 0 Å². The second kappa shape index (κ2) is 5.65. The van der Waals surface area contributed by atoms with Gasteiger partial charge in [0.1, 0.15) is 5.82 Å². The fraction of sp³-hybridized carbons (Fsp3) is 0.500. The lowest BCUT2D eigenvalue weighted by Gasteiger charge is -2.14. The highest BCUT2D eigenvalue weighted by Gasteiger charge is 2.07. The first-order valence-corrected chi connectivity index (χ1v) is 5.39. The number of nitrogens with zero attached hydrogens (tertiary/aromatic N) is 3. The van der Waals surface area contributed by atoms with Crippen LogP contribution in [0.3, 0.4) is 0 Å². The molecule has 1 aromatic heterocycles. The van der Waals surface area contributed by atoms with Crippen molar-refractivity contribution < 1.29 is 4.79 Å². The molecule has 0 unspecified atom stereocenters. The van der Waals surface area contributed by atoms with Crippen LogP contribution in [-0.4, -0.2) is 40.9 Å². The molecule has 0 bridgehead atoms. The molecule has 0 radical (unpaired) electrons. The number of hydrogen-bond donors (Lipinski definition) is 1. The van der Waals surface area contributed by atoms with Gasteiger partial charge in [-0.3, -0.25) is 4.79 Å². The van der Waals surface area contributed by atoms with Crippen molar-refractivity contribution in [3.05, 3.63) is 17.0 Å². The Kier molecular flexibility index (Phi) is 4.49. The molecule has 1 N–H and O–H groups in total. The van der Waals surface area contributed by atoms with Crippen LogP contribution in [0.1, 0.15) is 12.6 Å². The van der Waals surface area contributed by atoms with E-state index in [4.69, 9.17) is 11.6 Å². The normalized spacial score (nSPS) is 10.0. The van der Waals surface area contributed by atoms with Crippen LogP contribution in [0, 0.1) is 6.92 Å². The molecule has 6 heteroatoms. The number of halogens is 1. The minimum absolute atomic E-state index is 0.00916. The van der Waals surface area contributed by atoms with Crippen LogP contribution >= 0.6 is 11.6 Å². The van der Waals surface area contributed by atoms with Crippen molar-refractivity contribution in [1.29, 1.82) is 0 Å². The molecule has 1 rings (SSSR count). The van der Waals surface area contributed by atoms with E-state index in [9.17, 15) is 4.79 Å². The van der Waals surface area contributed by atoms with E-state index in [-0.39, 0.29) is 17.7 Å². The van der Waals surface area contributed by atoms with Crippen molar-refractivity contribution >= 4 is 23.3 Å². The molecule has 0 saturated heterocycles. The minimum Gasteiger partial charge on any atom is -0.361 e. The lowest BCUT2D eigenvalue weighted by atomic mass is 10.4. The van der Waals surface area contributed by atoms with Crippen molar-refractivity contribution in [2.24, 2.45) is 0 Å². The van der Waals surface area contributed by atoms with Crippen LogP contribution in [0.4, 0.5) is 5.82 Å². The fourth-order valence-electron chi connectivity index (χ4n) is 1.10. The monoisotopic (exact) mass is 242 g/mol. The first kappa shape index (κ1) is 12.7. The summed E-state index contributed by atoms with van der Waals surface area (Å²) in [6.07, 6.45) is 0. The molecular weight excluding hydrogens is 228 g/mol. The van der Waals surface area contributed by atoms with Crippen molar-refractivity contribution in [2.75, 3.05) is 25.5 Å². The molecule has 0 spiro atoms. The average Bonchev–Trinajstić information content (AvgIpc) is 2.23. The molecule has 0 fully saturated rings. The van der Waals surface area contributed by atoms with Gasteiger partial charge in [-0.1, -0.05) is 0 Å². The summed E-state index contributed by atoms with van der Waals surface area (Å²) in [6, 6.07) is 1.74. The number of hydrogen-bond acceptors (Lipinski definition) is 4. The molecule has 1 aromatic rings. The zero-order valence-corrected chi connectivity index (χ0v) is 10.4. The molecule has 0 aliphatic rings. The van der Waals surface area contributed by atoms with Gasteiger partial charge in [0.2, 0.25) is 11.2 Å². The second-order valence-electron chi connectivity index (χ2n) is 3.43. The molecule has 0 saturated carbocycles. The Bertz CT molecular complexity index is 363. The Morgan fingerprint density at radius 2 is 2.25 bits per heavy atom. The van der Waals surface area contributed by atoms with Gasteiger partial charge in [0.25, 0.3) is 0 Å². The molecular formula is C10H15ClN4O. The van der Waals surface area contributed by atoms with Gasteiger partial charge >= 0.3 is 0 Å². The molecule has 0 aromatic carbocycles. The number of aryl methyl sites for hydroxylation is 1. The van der Waals surface area contributed by atoms with Crippen LogP contribution in [0.5, 0.6) is 0 Å². The Hall–Kier alpha value is -1.36. The minimum atomic E-state index is 0.00916. The summed E-state index contributed by atoms with van der Waals surface area (Å²) in [5.41, 5.74) is 0.763. The van der Waals surface area contributed by atoms with E-state index in [0.29, 0.717) is 12.4 Å². The highest BCUT2D eigenvalue weighted by molar-refractivity contribution is 6.28. The largest absolute Gasteiger partial charge is 0.361 e. The Labute approximate surface area is 99.8 Å². The highest BCUT2D eigenvalue weighted by Crippen LogP contribution is 2.09. The second-order valence-corrected chi connectivity index (χ2v) is 3.76. The molecule has 88 valence electrons. The smallest absolute Gasteiger partial charge is 0.241 e. The van der Waals surface area contributed by atoms with E-state index in [1.54, 1.807) is 18.0 Å². The number of aromatic nitrogens is 2. The highest BCUT2D eigenvalue weighted by atomic mass is 35.5. The SMILES string of the molecule is CCN(C)C(=O)CNc1cc(C)nc(Cl)n1. The van der Waals surface area contributed by atoms with E-state index in [1.165, 1.54) is 0 Å². The summed E-state index contributed by atoms with van der Waals surface area (Å²) in [7, 11) is 1.75. The summed E-state index contributed by atoms with van der Waals surface area (Å²) in [6.45, 7) is 4.63. The number of anilines is 1. The Morgan fingerprint density at radius 3 is 2.81 bits per heavy atom. The zero-order valence-electron chi connectivity index (χ0n) is 9.62. The van der Waals surface area contributed by atoms with Gasteiger partial charge in [-0.25, -0.2) is 9.97 Å². The fourth-order valence-corrected chi connectivity index (χ4v) is 1.32. The van der Waals surface area contributed by atoms with Gasteiger partial charge in [0, 0.05) is 25.4 Å². The predicted molar refractivity (Wildman–Crippen MR) is 63.6 cm³/mol. The maximum Gasteiger partial charge on any atom is 0.241 e. The molecule has 16 heavy (non-hydrogen) atoms. The first-order chi connectivity index (χ1) is 7.52. The quantitative estimate of drug-likeness (QED) is 0.810. The molecule has 0 aliphatic carbocycles. The van der Waals surface area contributed by atoms with E-state index < -0.39 is 0 Å². The molecule has 0 aliphatic heterocycles. The summed E-state index contributed by atoms with van der Waals surface area (Å²) in [5, 5.41) is 3.09. The van der Waals surface area contributed by atoms with Crippen LogP contribution in [-0.2, 0) is 4.79 Å². The van der Waals surface area contributed by atoms with E-state index in [2.05, 4.69) is 15.3 Å². The van der Waals surface area contributed by atoms with Gasteiger partial charge in [-0.15, -0.1) is 0 Å². The number of rotatable bonds is 4. The van der Waals surface area contributed by atoms with Crippen molar-refractivity contribution in [3.63, 3.8) is 0 Å². The van der Waals surface area contributed by atoms with E-state index >= 15 is 0 Å². The van der Waals surface area contributed by atoms with Gasteiger partial charge in [0.15, 0.2) is 0 Å². The number of amides is 1. The molecule has 5 nitrogen and oxygen atoms in total. The van der Waals surface area contributed by atoms with Gasteiger partial charge < -0.3 is 10.2 Å². The lowest BCUT2D eigenvalue weighted by molar-refractivity contribution is -0.127. The van der Waals surface area contributed by atoms with Crippen LogP contribution in [0.15, 0.2) is 6.07 Å². The number of likely N-dealkylation sites (N-methyl/N-ethyl adjacent to an activating group) is 1. The summed E-state index contributed by atoms with van der Waals surface area (Å²) in [4.78, 5) is 21.0. The predicted octanol–water partition coefficient (Wildman–Crippen LogP) is 1.33. The molecule has 0 atom stereocenters. The Balaban J connectivity index is 2.58. The standard InChI is InChI=1S/C10H15ClN4O/c1-4-15(3)9(16)6-12-8-5-7(2)13-10(11)14-8/h5H,4,6H2,1-3H3,(H,12,13,14). The number of carbonyl (C=O) groups excluding carboxylic acids is 1. The summed E-state index contributed by atoms with van der Waals surface area (Å²) >= 11 is 5.70. The van der Waals surface area contributed by atoms with Gasteiger partial charge in [-0.05, 0) is 25.4 Å². The molecule has 1 heterocycles. The Morgan fingerprint density at radius 1 is 1.56 bits per heavy atom. The maximum atomic E-state index is 11.5. The van der Waals surface area contributed by atoms with Crippen molar-refractivity contribution in [2.45, 2.75) is 13.8 Å². The summed E-state index contributed by atoms with van der Waals surface area (Å²) < 4.78 is 0. The first-order valence-electron chi connectivity index (χ1n) is 5.02. The van der Waals surface area contributed by atoms with Crippen LogP contribution < -0.4 is 5.32 Å². The topological polar surface area (TPSA) is 58.1 Å². The van der Waals surface area contributed by atoms with Crippen LogP contribution in [0.2, 0.25) is 5.28 Å². The third-order valence-corrected chi connectivity index (χ3v) is 2.32. The van der Waals surface area contributed by atoms with E-state index in [1.807, 2.05) is 13.8 Å². The summed E-state index contributed by atoms with van der Waals surface area (Å²) in [5.74, 6) is 0.574. The van der Waals surface area contributed by atoms with Crippen LogP contribution in [0.25, 0.3) is 0 Å². The third kappa shape index (κ3) is 3.66. The molecule has 1 amide bonds. The number of nitrogens with one attached hydrogen (secondary N) is 1. The van der Waals surface area contributed by atoms with Crippen molar-refractivity contribution in [1.82, 2.24) is 14.9 Å². The third-order valence-electron chi connectivity index (χ3n) is 2.15. The zero-order chi connectivity index (χ0) is 12.1. The van der Waals surface area contributed by atoms with Gasteiger partial charge in [0.05, 0.1) is 6.54 Å². The lowest BCUT2D eigenvalue weighted by Crippen LogP contribution is -2.32. The van der Waals surface area contributed by atoms with E-state index in [0.717, 1.165) is 5.69 Å². The van der Waals surface area contributed by atoms with Gasteiger partial charge in [-0.2, -0.15) is 0 Å².